The van der Waals surface area contributed by atoms with Crippen LogP contribution >= 0.6 is 11.3 Å². The number of nitrogens with zero attached hydrogens (tertiary/aromatic N) is 2. The Morgan fingerprint density at radius 3 is 2.65 bits per heavy atom. The molecule has 0 atom stereocenters. The summed E-state index contributed by atoms with van der Waals surface area (Å²) >= 11 is 1.58. The zero-order valence-electron chi connectivity index (χ0n) is 17.0. The number of hydrogen-bond acceptors (Lipinski definition) is 4. The largest absolute Gasteiger partial charge is 0.497 e. The molecule has 0 aliphatic rings. The molecular formula is C25H21N3O2S. The average Bonchev–Trinajstić information content (AvgIpc) is 3.37. The van der Waals surface area contributed by atoms with Gasteiger partial charge in [-0.05, 0) is 54.4 Å². The molecule has 0 spiro atoms. The van der Waals surface area contributed by atoms with Crippen LogP contribution in [0.1, 0.15) is 15.9 Å². The van der Waals surface area contributed by atoms with E-state index in [0.29, 0.717) is 12.1 Å². The van der Waals surface area contributed by atoms with Crippen LogP contribution in [-0.4, -0.2) is 28.9 Å². The zero-order chi connectivity index (χ0) is 21.2. The van der Waals surface area contributed by atoms with E-state index in [2.05, 4.69) is 21.9 Å². The third kappa shape index (κ3) is 3.90. The van der Waals surface area contributed by atoms with Gasteiger partial charge in [-0.2, -0.15) is 0 Å². The Labute approximate surface area is 183 Å². The molecule has 0 saturated heterocycles. The van der Waals surface area contributed by atoms with E-state index in [-0.39, 0.29) is 5.91 Å². The molecule has 1 N–H and O–H groups in total. The van der Waals surface area contributed by atoms with E-state index < -0.39 is 0 Å². The van der Waals surface area contributed by atoms with Crippen molar-refractivity contribution in [3.8, 4) is 17.0 Å². The number of amides is 1. The number of ether oxygens (including phenoxy) is 1. The van der Waals surface area contributed by atoms with Crippen LogP contribution in [0.15, 0.2) is 79.0 Å². The van der Waals surface area contributed by atoms with E-state index in [4.69, 9.17) is 9.72 Å². The molecule has 154 valence electrons. The number of carbonyl (C=O) groups excluding carboxylic acids is 1. The van der Waals surface area contributed by atoms with Crippen LogP contribution in [0.3, 0.4) is 0 Å². The summed E-state index contributed by atoms with van der Waals surface area (Å²) in [7, 11) is 1.66. The predicted octanol–water partition coefficient (Wildman–Crippen LogP) is 5.20. The maximum Gasteiger partial charge on any atom is 0.251 e. The molecule has 31 heavy (non-hydrogen) atoms. The first-order valence-corrected chi connectivity index (χ1v) is 10.9. The Balaban J connectivity index is 1.34. The minimum Gasteiger partial charge on any atom is -0.497 e. The van der Waals surface area contributed by atoms with Crippen molar-refractivity contribution in [2.24, 2.45) is 0 Å². The lowest BCUT2D eigenvalue weighted by atomic mass is 10.1. The van der Waals surface area contributed by atoms with Crippen molar-refractivity contribution in [2.45, 2.75) is 6.42 Å². The van der Waals surface area contributed by atoms with E-state index in [0.717, 1.165) is 38.6 Å². The van der Waals surface area contributed by atoms with Gasteiger partial charge in [-0.1, -0.05) is 41.7 Å². The standard InChI is InChI=1S/C25H21N3O2S/c1-30-20-10-7-18(8-11-20)21-16-28-22-12-9-19(15-23(22)31-25(28)27-21)24(29)26-14-13-17-5-3-2-4-6-17/h2-12,15-16H,13-14H2,1H3,(H,26,29). The summed E-state index contributed by atoms with van der Waals surface area (Å²) in [5, 5.41) is 3.01. The van der Waals surface area contributed by atoms with Crippen LogP contribution in [0, 0.1) is 0 Å². The first-order chi connectivity index (χ1) is 15.2. The molecular weight excluding hydrogens is 406 g/mol. The van der Waals surface area contributed by atoms with Gasteiger partial charge in [-0.25, -0.2) is 4.98 Å². The monoisotopic (exact) mass is 427 g/mol. The molecule has 0 fully saturated rings. The Morgan fingerprint density at radius 1 is 1.06 bits per heavy atom. The summed E-state index contributed by atoms with van der Waals surface area (Å²) < 4.78 is 8.35. The lowest BCUT2D eigenvalue weighted by molar-refractivity contribution is 0.0954. The van der Waals surface area contributed by atoms with Gasteiger partial charge in [0.25, 0.3) is 5.91 Å². The summed E-state index contributed by atoms with van der Waals surface area (Å²) in [4.78, 5) is 18.3. The van der Waals surface area contributed by atoms with Crippen molar-refractivity contribution in [2.75, 3.05) is 13.7 Å². The molecule has 1 amide bonds. The number of carbonyl (C=O) groups is 1. The number of thiazole rings is 1. The quantitative estimate of drug-likeness (QED) is 0.405. The summed E-state index contributed by atoms with van der Waals surface area (Å²) in [6.45, 7) is 0.611. The summed E-state index contributed by atoms with van der Waals surface area (Å²) in [5.74, 6) is 0.771. The van der Waals surface area contributed by atoms with Crippen molar-refractivity contribution in [1.29, 1.82) is 0 Å². The second kappa shape index (κ2) is 8.24. The highest BCUT2D eigenvalue weighted by molar-refractivity contribution is 7.23. The lowest BCUT2D eigenvalue weighted by Crippen LogP contribution is -2.25. The minimum absolute atomic E-state index is 0.0530. The van der Waals surface area contributed by atoms with E-state index >= 15 is 0 Å². The first kappa shape index (κ1) is 19.3. The molecule has 5 rings (SSSR count). The van der Waals surface area contributed by atoms with Crippen LogP contribution < -0.4 is 10.1 Å². The third-order valence-electron chi connectivity index (χ3n) is 5.28. The van der Waals surface area contributed by atoms with Crippen LogP contribution in [0.5, 0.6) is 5.75 Å². The number of benzene rings is 3. The van der Waals surface area contributed by atoms with E-state index in [1.807, 2.05) is 66.9 Å². The highest BCUT2D eigenvalue weighted by Gasteiger charge is 2.13. The molecule has 3 aromatic carbocycles. The van der Waals surface area contributed by atoms with Gasteiger partial charge in [0.1, 0.15) is 5.75 Å². The smallest absolute Gasteiger partial charge is 0.251 e. The SMILES string of the molecule is COc1ccc(-c2cn3c(n2)sc2cc(C(=O)NCCc4ccccc4)ccc23)cc1. The fourth-order valence-electron chi connectivity index (χ4n) is 3.61. The Bertz CT molecular complexity index is 1350. The van der Waals surface area contributed by atoms with Crippen molar-refractivity contribution < 1.29 is 9.53 Å². The van der Waals surface area contributed by atoms with Gasteiger partial charge in [0.05, 0.1) is 23.0 Å². The van der Waals surface area contributed by atoms with E-state index in [1.54, 1.807) is 18.4 Å². The lowest BCUT2D eigenvalue weighted by Gasteiger charge is -2.05. The first-order valence-electron chi connectivity index (χ1n) is 10.1. The van der Waals surface area contributed by atoms with Crippen molar-refractivity contribution in [3.05, 3.63) is 90.1 Å². The van der Waals surface area contributed by atoms with E-state index in [9.17, 15) is 4.79 Å². The average molecular weight is 428 g/mol. The molecule has 0 aliphatic carbocycles. The highest BCUT2D eigenvalue weighted by atomic mass is 32.1. The minimum atomic E-state index is -0.0530. The highest BCUT2D eigenvalue weighted by Crippen LogP contribution is 2.30. The number of fused-ring (bicyclic) bond motifs is 3. The van der Waals surface area contributed by atoms with Gasteiger partial charge in [-0.15, -0.1) is 0 Å². The maximum atomic E-state index is 12.6. The van der Waals surface area contributed by atoms with Gasteiger partial charge in [0, 0.05) is 23.9 Å². The third-order valence-corrected chi connectivity index (χ3v) is 6.30. The van der Waals surface area contributed by atoms with Crippen LogP contribution in [0.2, 0.25) is 0 Å². The fraction of sp³-hybridized carbons (Fsp3) is 0.120. The van der Waals surface area contributed by atoms with Crippen molar-refractivity contribution in [3.63, 3.8) is 0 Å². The van der Waals surface area contributed by atoms with E-state index in [1.165, 1.54) is 5.56 Å². The molecule has 0 aliphatic heterocycles. The van der Waals surface area contributed by atoms with Gasteiger partial charge in [-0.3, -0.25) is 9.20 Å². The molecule has 5 aromatic rings. The molecule has 0 bridgehead atoms. The summed E-state index contributed by atoms with van der Waals surface area (Å²) in [6.07, 6.45) is 2.85. The van der Waals surface area contributed by atoms with Gasteiger partial charge >= 0.3 is 0 Å². The number of aromatic nitrogens is 2. The number of rotatable bonds is 6. The topological polar surface area (TPSA) is 55.6 Å². The molecule has 0 radical (unpaired) electrons. The second-order valence-electron chi connectivity index (χ2n) is 7.28. The van der Waals surface area contributed by atoms with Gasteiger partial charge < -0.3 is 10.1 Å². The molecule has 2 aromatic heterocycles. The number of hydrogen-bond donors (Lipinski definition) is 1. The predicted molar refractivity (Wildman–Crippen MR) is 125 cm³/mol. The Morgan fingerprint density at radius 2 is 1.87 bits per heavy atom. The maximum absolute atomic E-state index is 12.6. The van der Waals surface area contributed by atoms with Crippen LogP contribution in [0.25, 0.3) is 26.4 Å². The molecule has 5 nitrogen and oxygen atoms in total. The number of imidazole rings is 1. The van der Waals surface area contributed by atoms with Crippen LogP contribution in [0.4, 0.5) is 0 Å². The molecule has 2 heterocycles. The zero-order valence-corrected chi connectivity index (χ0v) is 17.9. The van der Waals surface area contributed by atoms with Gasteiger partial charge in [0.15, 0.2) is 4.96 Å². The second-order valence-corrected chi connectivity index (χ2v) is 8.29. The summed E-state index contributed by atoms with van der Waals surface area (Å²) in [5.41, 5.74) is 4.89. The normalized spacial score (nSPS) is 11.1. The Kier molecular flexibility index (Phi) is 5.14. The Hall–Kier alpha value is -3.64. The summed E-state index contributed by atoms with van der Waals surface area (Å²) in [6, 6.07) is 23.8. The van der Waals surface area contributed by atoms with Crippen LogP contribution in [-0.2, 0) is 6.42 Å². The molecule has 0 saturated carbocycles. The number of methoxy groups -OCH3 is 1. The molecule has 6 heteroatoms. The fourth-order valence-corrected chi connectivity index (χ4v) is 4.66. The van der Waals surface area contributed by atoms with Crippen molar-refractivity contribution in [1.82, 2.24) is 14.7 Å². The van der Waals surface area contributed by atoms with Crippen molar-refractivity contribution >= 4 is 32.4 Å². The van der Waals surface area contributed by atoms with Gasteiger partial charge in [0.2, 0.25) is 0 Å². The number of nitrogens with one attached hydrogen (secondary N) is 1. The molecule has 0 unspecified atom stereocenters.